The van der Waals surface area contributed by atoms with E-state index >= 15 is 0 Å². The highest BCUT2D eigenvalue weighted by molar-refractivity contribution is 6.33. The maximum atomic E-state index is 6.35. The van der Waals surface area contributed by atoms with Crippen LogP contribution < -0.4 is 5.32 Å². The number of H-pyrrole nitrogens is 1. The molecule has 2 N–H and O–H groups in total. The molecule has 0 bridgehead atoms. The Kier molecular flexibility index (Phi) is 3.87. The third-order valence-electron chi connectivity index (χ3n) is 5.63. The molecule has 0 amide bonds. The molecule has 134 valence electrons. The lowest BCUT2D eigenvalue weighted by Crippen LogP contribution is -2.30. The van der Waals surface area contributed by atoms with Crippen LogP contribution in [0.15, 0.2) is 24.3 Å². The average molecular weight is 368 g/mol. The number of halogens is 1. The highest BCUT2D eigenvalue weighted by Crippen LogP contribution is 2.36. The second-order valence-corrected chi connectivity index (χ2v) is 7.66. The summed E-state index contributed by atoms with van der Waals surface area (Å²) in [6.45, 7) is 5.06. The maximum Gasteiger partial charge on any atom is 0.139 e. The van der Waals surface area contributed by atoms with Gasteiger partial charge in [-0.2, -0.15) is 0 Å². The van der Waals surface area contributed by atoms with E-state index in [1.807, 2.05) is 24.3 Å². The molecular formula is C20H22ClN5. The first-order valence-corrected chi connectivity index (χ1v) is 9.68. The van der Waals surface area contributed by atoms with E-state index in [-0.39, 0.29) is 0 Å². The predicted molar refractivity (Wildman–Crippen MR) is 102 cm³/mol. The van der Waals surface area contributed by atoms with Crippen molar-refractivity contribution in [3.63, 3.8) is 0 Å². The first kappa shape index (κ1) is 16.1. The van der Waals surface area contributed by atoms with Gasteiger partial charge in [0.2, 0.25) is 0 Å². The first-order chi connectivity index (χ1) is 12.7. The Morgan fingerprint density at radius 3 is 3.00 bits per heavy atom. The van der Waals surface area contributed by atoms with Crippen molar-refractivity contribution in [1.29, 1.82) is 0 Å². The molecule has 0 saturated carbocycles. The van der Waals surface area contributed by atoms with Crippen LogP contribution in [0, 0.1) is 6.92 Å². The van der Waals surface area contributed by atoms with Crippen molar-refractivity contribution in [3.8, 4) is 11.4 Å². The molecule has 5 nitrogen and oxygen atoms in total. The summed E-state index contributed by atoms with van der Waals surface area (Å²) in [4.78, 5) is 13.2. The number of benzene rings is 1. The average Bonchev–Trinajstić information content (AvgIpc) is 3.21. The third-order valence-corrected chi connectivity index (χ3v) is 5.95. The Labute approximate surface area is 157 Å². The monoisotopic (exact) mass is 367 g/mol. The lowest BCUT2D eigenvalue weighted by Gasteiger charge is -2.25. The molecule has 2 aliphatic rings. The lowest BCUT2D eigenvalue weighted by molar-refractivity contribution is 0.462. The summed E-state index contributed by atoms with van der Waals surface area (Å²) < 4.78 is 2.44. The molecule has 6 heteroatoms. The van der Waals surface area contributed by atoms with Gasteiger partial charge in [0.25, 0.3) is 0 Å². The van der Waals surface area contributed by atoms with E-state index in [4.69, 9.17) is 21.6 Å². The number of imidazole rings is 2. The van der Waals surface area contributed by atoms with Crippen molar-refractivity contribution in [2.75, 3.05) is 6.54 Å². The van der Waals surface area contributed by atoms with Crippen molar-refractivity contribution in [3.05, 3.63) is 57.9 Å². The smallest absolute Gasteiger partial charge is 0.139 e. The summed E-state index contributed by atoms with van der Waals surface area (Å²) in [6, 6.07) is 7.89. The fourth-order valence-electron chi connectivity index (χ4n) is 4.43. The van der Waals surface area contributed by atoms with E-state index in [1.54, 1.807) is 0 Å². The summed E-state index contributed by atoms with van der Waals surface area (Å²) in [7, 11) is 0. The van der Waals surface area contributed by atoms with Gasteiger partial charge in [-0.1, -0.05) is 23.7 Å². The third kappa shape index (κ3) is 2.58. The van der Waals surface area contributed by atoms with Crippen LogP contribution in [0.5, 0.6) is 0 Å². The zero-order valence-electron chi connectivity index (χ0n) is 14.8. The Morgan fingerprint density at radius 1 is 1.23 bits per heavy atom. The molecule has 1 aliphatic heterocycles. The number of aromatic nitrogens is 4. The van der Waals surface area contributed by atoms with Gasteiger partial charge >= 0.3 is 0 Å². The molecular weight excluding hydrogens is 346 g/mol. The van der Waals surface area contributed by atoms with E-state index in [2.05, 4.69) is 21.8 Å². The molecule has 1 aliphatic carbocycles. The van der Waals surface area contributed by atoms with Gasteiger partial charge in [-0.3, -0.25) is 0 Å². The molecule has 3 heterocycles. The fraction of sp³-hybridized carbons (Fsp3) is 0.400. The molecule has 1 aromatic carbocycles. The number of aromatic amines is 1. The minimum atomic E-state index is 0.501. The molecule has 5 rings (SSSR count). The molecule has 3 aromatic rings. The van der Waals surface area contributed by atoms with Crippen LogP contribution in [0.4, 0.5) is 0 Å². The second-order valence-electron chi connectivity index (χ2n) is 7.26. The van der Waals surface area contributed by atoms with Gasteiger partial charge in [0, 0.05) is 36.0 Å². The number of aryl methyl sites for hydroxylation is 2. The lowest BCUT2D eigenvalue weighted by atomic mass is 9.86. The number of nitrogens with zero attached hydrogens (tertiary/aromatic N) is 3. The van der Waals surface area contributed by atoms with Crippen molar-refractivity contribution >= 4 is 11.6 Å². The minimum absolute atomic E-state index is 0.501. The Balaban J connectivity index is 1.48. The Hall–Kier alpha value is -2.11. The van der Waals surface area contributed by atoms with E-state index in [1.165, 1.54) is 28.6 Å². The molecule has 1 unspecified atom stereocenters. The van der Waals surface area contributed by atoms with Gasteiger partial charge in [0.1, 0.15) is 11.6 Å². The van der Waals surface area contributed by atoms with Gasteiger partial charge in [-0.05, 0) is 38.3 Å². The van der Waals surface area contributed by atoms with Crippen LogP contribution in [0.2, 0.25) is 5.02 Å². The molecule has 26 heavy (non-hydrogen) atoms. The number of rotatable bonds is 2. The molecule has 0 fully saturated rings. The molecule has 1 atom stereocenters. The number of nitrogens with one attached hydrogen (secondary N) is 2. The molecule has 0 saturated heterocycles. The van der Waals surface area contributed by atoms with Gasteiger partial charge in [0.05, 0.1) is 23.0 Å². The van der Waals surface area contributed by atoms with E-state index in [9.17, 15) is 0 Å². The van der Waals surface area contributed by atoms with Gasteiger partial charge < -0.3 is 14.9 Å². The van der Waals surface area contributed by atoms with Crippen LogP contribution in [0.1, 0.15) is 40.9 Å². The highest BCUT2D eigenvalue weighted by Gasteiger charge is 2.29. The summed E-state index contributed by atoms with van der Waals surface area (Å²) in [6.07, 6.45) is 3.12. The van der Waals surface area contributed by atoms with Crippen molar-refractivity contribution in [2.24, 2.45) is 0 Å². The molecule has 2 aromatic heterocycles. The van der Waals surface area contributed by atoms with Crippen LogP contribution >= 0.6 is 11.6 Å². The summed E-state index contributed by atoms with van der Waals surface area (Å²) in [5.74, 6) is 2.56. The minimum Gasteiger partial charge on any atom is -0.342 e. The summed E-state index contributed by atoms with van der Waals surface area (Å²) in [5.41, 5.74) is 6.02. The predicted octanol–water partition coefficient (Wildman–Crippen LogP) is 3.61. The van der Waals surface area contributed by atoms with Crippen LogP contribution in [-0.2, 0) is 25.9 Å². The van der Waals surface area contributed by atoms with Crippen molar-refractivity contribution in [2.45, 2.75) is 45.2 Å². The highest BCUT2D eigenvalue weighted by atomic mass is 35.5. The zero-order chi connectivity index (χ0) is 17.7. The fourth-order valence-corrected chi connectivity index (χ4v) is 4.66. The normalized spacial score (nSPS) is 19.2. The van der Waals surface area contributed by atoms with Gasteiger partial charge in [-0.25, -0.2) is 9.97 Å². The number of hydrogen-bond acceptors (Lipinski definition) is 3. The van der Waals surface area contributed by atoms with Crippen LogP contribution in [0.3, 0.4) is 0 Å². The quantitative estimate of drug-likeness (QED) is 0.727. The topological polar surface area (TPSA) is 58.5 Å². The van der Waals surface area contributed by atoms with Gasteiger partial charge in [-0.15, -0.1) is 0 Å². The van der Waals surface area contributed by atoms with Crippen LogP contribution in [0.25, 0.3) is 11.4 Å². The summed E-state index contributed by atoms with van der Waals surface area (Å²) >= 11 is 6.35. The first-order valence-electron chi connectivity index (χ1n) is 9.30. The maximum absolute atomic E-state index is 6.35. The van der Waals surface area contributed by atoms with E-state index < -0.39 is 0 Å². The SMILES string of the molecule is Cc1nc2n(c1C1CCc3nc(-c4ccccc4Cl)[nH]c3C1)CCNC2. The summed E-state index contributed by atoms with van der Waals surface area (Å²) in [5, 5.41) is 4.15. The number of hydrogen-bond donors (Lipinski definition) is 2. The van der Waals surface area contributed by atoms with Crippen LogP contribution in [-0.4, -0.2) is 26.1 Å². The Morgan fingerprint density at radius 2 is 2.12 bits per heavy atom. The molecule has 0 spiro atoms. The van der Waals surface area contributed by atoms with E-state index in [0.29, 0.717) is 5.92 Å². The standard InChI is InChI=1S/C20H22ClN5/c1-12-19(26-9-8-22-11-18(26)23-12)13-6-7-16-17(10-13)25-20(24-16)14-4-2-3-5-15(14)21/h2-5,13,22H,6-11H2,1H3,(H,24,25). The Bertz CT molecular complexity index is 971. The van der Waals surface area contributed by atoms with Crippen molar-refractivity contribution in [1.82, 2.24) is 24.8 Å². The largest absolute Gasteiger partial charge is 0.342 e. The number of fused-ring (bicyclic) bond motifs is 2. The van der Waals surface area contributed by atoms with Crippen molar-refractivity contribution < 1.29 is 0 Å². The van der Waals surface area contributed by atoms with E-state index in [0.717, 1.165) is 55.3 Å². The van der Waals surface area contributed by atoms with Gasteiger partial charge in [0.15, 0.2) is 0 Å². The zero-order valence-corrected chi connectivity index (χ0v) is 15.6. The molecule has 0 radical (unpaired) electrons. The second kappa shape index (κ2) is 6.25.